The first-order valence-corrected chi connectivity index (χ1v) is 11.9. The molecule has 32 heavy (non-hydrogen) atoms. The summed E-state index contributed by atoms with van der Waals surface area (Å²) < 4.78 is 12.8. The molecule has 5 nitrogen and oxygen atoms in total. The third kappa shape index (κ3) is 4.46. The maximum absolute atomic E-state index is 12.8. The zero-order chi connectivity index (χ0) is 21.9. The van der Waals surface area contributed by atoms with E-state index in [4.69, 9.17) is 16.0 Å². The number of anilines is 1. The molecular formula is C27H30N2O3. The van der Waals surface area contributed by atoms with Crippen LogP contribution >= 0.6 is 0 Å². The predicted molar refractivity (Wildman–Crippen MR) is 125 cm³/mol. The van der Waals surface area contributed by atoms with Crippen molar-refractivity contribution >= 4 is 17.3 Å². The molecular weight excluding hydrogens is 400 g/mol. The van der Waals surface area contributed by atoms with Gasteiger partial charge in [-0.3, -0.25) is 4.79 Å². The summed E-state index contributed by atoms with van der Waals surface area (Å²) in [7, 11) is 0. The van der Waals surface area contributed by atoms with Crippen molar-refractivity contribution in [3.05, 3.63) is 59.4 Å². The number of rotatable bonds is 6. The molecule has 166 valence electrons. The van der Waals surface area contributed by atoms with Crippen molar-refractivity contribution in [1.82, 2.24) is 0 Å². The molecule has 3 aliphatic rings. The van der Waals surface area contributed by atoms with Crippen LogP contribution in [0.1, 0.15) is 69.3 Å². The van der Waals surface area contributed by atoms with Crippen LogP contribution < -0.4 is 14.4 Å². The highest BCUT2D eigenvalue weighted by Gasteiger charge is 2.32. The van der Waals surface area contributed by atoms with Crippen molar-refractivity contribution in [3.63, 3.8) is 0 Å². The van der Waals surface area contributed by atoms with Gasteiger partial charge in [-0.15, -0.1) is 0 Å². The molecule has 0 spiro atoms. The molecule has 1 saturated heterocycles. The van der Waals surface area contributed by atoms with Gasteiger partial charge in [0.2, 0.25) is 5.91 Å². The second kappa shape index (κ2) is 9.24. The summed E-state index contributed by atoms with van der Waals surface area (Å²) in [5, 5.41) is 0. The number of hydrogen-bond donors (Lipinski definition) is 0. The minimum absolute atomic E-state index is 0.0988. The maximum Gasteiger partial charge on any atom is 0.227 e. The molecule has 2 saturated carbocycles. The standard InChI is InChI=1S/C27H30N2O3/c1-28-21-7-6-8-22(17-21)29-18-20(16-27(29)30)19-13-14-25(31-23-9-2-3-10-23)26(15-19)32-24-11-4-5-12-24/h6-8,13-15,17,20,23-24H,2-5,9-12,16,18H2/t20-/m1/s1. The minimum Gasteiger partial charge on any atom is -0.487 e. The molecule has 1 atom stereocenters. The first kappa shape index (κ1) is 20.9. The van der Waals surface area contributed by atoms with Crippen LogP contribution in [0.25, 0.3) is 4.85 Å². The summed E-state index contributed by atoms with van der Waals surface area (Å²) in [4.78, 5) is 18.1. The van der Waals surface area contributed by atoms with Gasteiger partial charge in [0.1, 0.15) is 0 Å². The average Bonchev–Trinajstić information content (AvgIpc) is 3.58. The second-order valence-corrected chi connectivity index (χ2v) is 9.29. The van der Waals surface area contributed by atoms with E-state index in [0.29, 0.717) is 18.7 Å². The van der Waals surface area contributed by atoms with Gasteiger partial charge in [-0.1, -0.05) is 18.2 Å². The zero-order valence-electron chi connectivity index (χ0n) is 18.5. The summed E-state index contributed by atoms with van der Waals surface area (Å²) in [6.45, 7) is 7.86. The molecule has 3 fully saturated rings. The number of carbonyl (C=O) groups excluding carboxylic acids is 1. The molecule has 0 unspecified atom stereocenters. The normalized spacial score (nSPS) is 21.8. The first-order chi connectivity index (χ1) is 15.7. The molecule has 2 aliphatic carbocycles. The lowest BCUT2D eigenvalue weighted by Crippen LogP contribution is -2.24. The molecule has 0 N–H and O–H groups in total. The molecule has 5 heteroatoms. The van der Waals surface area contributed by atoms with Crippen LogP contribution in [0.4, 0.5) is 11.4 Å². The highest BCUT2D eigenvalue weighted by Crippen LogP contribution is 2.40. The van der Waals surface area contributed by atoms with Gasteiger partial charge in [0.05, 0.1) is 18.8 Å². The minimum atomic E-state index is 0.0988. The van der Waals surface area contributed by atoms with Gasteiger partial charge < -0.3 is 14.4 Å². The molecule has 0 bridgehead atoms. The number of ether oxygens (including phenoxy) is 2. The van der Waals surface area contributed by atoms with Crippen LogP contribution in [0.15, 0.2) is 42.5 Å². The van der Waals surface area contributed by atoms with Crippen LogP contribution in [0.3, 0.4) is 0 Å². The number of nitrogens with zero attached hydrogens (tertiary/aromatic N) is 2. The molecule has 1 amide bonds. The molecule has 5 rings (SSSR count). The summed E-state index contributed by atoms with van der Waals surface area (Å²) >= 11 is 0. The van der Waals surface area contributed by atoms with E-state index in [0.717, 1.165) is 48.4 Å². The summed E-state index contributed by atoms with van der Waals surface area (Å²) in [5.74, 6) is 1.88. The van der Waals surface area contributed by atoms with Crippen molar-refractivity contribution in [2.45, 2.75) is 75.9 Å². The molecule has 1 heterocycles. The molecule has 1 aliphatic heterocycles. The molecule has 0 aromatic heterocycles. The SMILES string of the molecule is [C-]#[N+]c1cccc(N2C[C@H](c3ccc(OC4CCCC4)c(OC4CCCC4)c3)CC2=O)c1. The Bertz CT molecular complexity index is 1020. The van der Waals surface area contributed by atoms with E-state index in [2.05, 4.69) is 17.0 Å². The van der Waals surface area contributed by atoms with Gasteiger partial charge >= 0.3 is 0 Å². The van der Waals surface area contributed by atoms with Gasteiger partial charge in [0.25, 0.3) is 0 Å². The van der Waals surface area contributed by atoms with E-state index in [1.807, 2.05) is 18.2 Å². The van der Waals surface area contributed by atoms with Crippen LogP contribution in [0, 0.1) is 6.57 Å². The van der Waals surface area contributed by atoms with Crippen molar-refractivity contribution in [2.24, 2.45) is 0 Å². The van der Waals surface area contributed by atoms with Crippen LogP contribution in [0.5, 0.6) is 11.5 Å². The van der Waals surface area contributed by atoms with Crippen molar-refractivity contribution in [1.29, 1.82) is 0 Å². The maximum atomic E-state index is 12.8. The summed E-state index contributed by atoms with van der Waals surface area (Å²) in [5.41, 5.74) is 2.47. The third-order valence-corrected chi connectivity index (χ3v) is 7.03. The highest BCUT2D eigenvalue weighted by atomic mass is 16.5. The summed E-state index contributed by atoms with van der Waals surface area (Å²) in [6, 6.07) is 13.6. The molecule has 0 radical (unpaired) electrons. The predicted octanol–water partition coefficient (Wildman–Crippen LogP) is 6.40. The monoisotopic (exact) mass is 430 g/mol. The number of benzene rings is 2. The number of hydrogen-bond acceptors (Lipinski definition) is 3. The van der Waals surface area contributed by atoms with Gasteiger partial charge in [-0.05, 0) is 81.2 Å². The third-order valence-electron chi connectivity index (χ3n) is 7.03. The van der Waals surface area contributed by atoms with E-state index < -0.39 is 0 Å². The lowest BCUT2D eigenvalue weighted by molar-refractivity contribution is -0.117. The van der Waals surface area contributed by atoms with Crippen molar-refractivity contribution < 1.29 is 14.3 Å². The zero-order valence-corrected chi connectivity index (χ0v) is 18.5. The number of carbonyl (C=O) groups is 1. The van der Waals surface area contributed by atoms with E-state index >= 15 is 0 Å². The Labute approximate surface area is 190 Å². The van der Waals surface area contributed by atoms with Gasteiger partial charge in [0.15, 0.2) is 17.2 Å². The van der Waals surface area contributed by atoms with Gasteiger partial charge in [-0.25, -0.2) is 4.85 Å². The van der Waals surface area contributed by atoms with Crippen molar-refractivity contribution in [3.8, 4) is 11.5 Å². The fourth-order valence-electron chi connectivity index (χ4n) is 5.25. The van der Waals surface area contributed by atoms with Crippen LogP contribution in [-0.4, -0.2) is 24.7 Å². The van der Waals surface area contributed by atoms with Crippen LogP contribution in [0.2, 0.25) is 0 Å². The fraction of sp³-hybridized carbons (Fsp3) is 0.481. The topological polar surface area (TPSA) is 43.1 Å². The largest absolute Gasteiger partial charge is 0.487 e. The average molecular weight is 431 g/mol. The Morgan fingerprint density at radius 2 is 1.56 bits per heavy atom. The number of amides is 1. The lowest BCUT2D eigenvalue weighted by Gasteiger charge is -2.22. The van der Waals surface area contributed by atoms with E-state index in [9.17, 15) is 4.79 Å². The summed E-state index contributed by atoms with van der Waals surface area (Å²) in [6.07, 6.45) is 10.3. The Hall–Kier alpha value is -3.00. The second-order valence-electron chi connectivity index (χ2n) is 9.29. The van der Waals surface area contributed by atoms with Gasteiger partial charge in [-0.2, -0.15) is 0 Å². The smallest absolute Gasteiger partial charge is 0.227 e. The Morgan fingerprint density at radius 3 is 2.25 bits per heavy atom. The Balaban J connectivity index is 1.37. The van der Waals surface area contributed by atoms with E-state index in [1.54, 1.807) is 17.0 Å². The van der Waals surface area contributed by atoms with E-state index in [-0.39, 0.29) is 24.0 Å². The Morgan fingerprint density at radius 1 is 0.875 bits per heavy atom. The quantitative estimate of drug-likeness (QED) is 0.498. The first-order valence-electron chi connectivity index (χ1n) is 11.9. The van der Waals surface area contributed by atoms with Gasteiger partial charge in [0, 0.05) is 24.6 Å². The fourth-order valence-corrected chi connectivity index (χ4v) is 5.25. The Kier molecular flexibility index (Phi) is 6.03. The molecule has 2 aromatic rings. The van der Waals surface area contributed by atoms with Crippen molar-refractivity contribution in [2.75, 3.05) is 11.4 Å². The lowest BCUT2D eigenvalue weighted by atomic mass is 9.97. The molecule has 2 aromatic carbocycles. The van der Waals surface area contributed by atoms with Crippen LogP contribution in [-0.2, 0) is 4.79 Å². The van der Waals surface area contributed by atoms with E-state index in [1.165, 1.54) is 25.7 Å². The highest BCUT2D eigenvalue weighted by molar-refractivity contribution is 5.97.